The quantitative estimate of drug-likeness (QED) is 0.0243. The molecule has 0 heterocycles. The van der Waals surface area contributed by atoms with Crippen LogP contribution in [0.2, 0.25) is 0 Å². The van der Waals surface area contributed by atoms with Crippen LogP contribution >= 0.6 is 7.82 Å². The van der Waals surface area contributed by atoms with Crippen LogP contribution < -0.4 is 5.32 Å². The summed E-state index contributed by atoms with van der Waals surface area (Å²) in [5.74, 6) is -0.181. The summed E-state index contributed by atoms with van der Waals surface area (Å²) in [4.78, 5) is 23.4. The average Bonchev–Trinajstić information content (AvgIpc) is 3.42. The fourth-order valence-corrected chi connectivity index (χ4v) is 11.1. The number of phosphoric ester groups is 1. The highest BCUT2D eigenvalue weighted by atomic mass is 31.2. The van der Waals surface area contributed by atoms with E-state index in [1.54, 1.807) is 6.08 Å². The summed E-state index contributed by atoms with van der Waals surface area (Å²) in [5, 5.41) is 14.0. The molecule has 0 aliphatic rings. The summed E-state index contributed by atoms with van der Waals surface area (Å²) in [5.41, 5.74) is 0. The summed E-state index contributed by atoms with van der Waals surface area (Å²) >= 11 is 0. The van der Waals surface area contributed by atoms with E-state index in [4.69, 9.17) is 9.05 Å². The number of quaternary nitrogens is 1. The third kappa shape index (κ3) is 63.9. The minimum Gasteiger partial charge on any atom is -0.387 e. The predicted octanol–water partition coefficient (Wildman–Crippen LogP) is 21.8. The van der Waals surface area contributed by atoms with Gasteiger partial charge in [-0.3, -0.25) is 13.8 Å². The van der Waals surface area contributed by atoms with E-state index in [0.29, 0.717) is 17.4 Å². The Morgan fingerprint density at radius 3 is 1.09 bits per heavy atom. The maximum atomic E-state index is 13.0. The Kier molecular flexibility index (Phi) is 59.8. The van der Waals surface area contributed by atoms with Crippen molar-refractivity contribution in [3.8, 4) is 0 Å². The van der Waals surface area contributed by atoms with Crippen molar-refractivity contribution in [2.24, 2.45) is 0 Å². The number of nitrogens with one attached hydrogen (secondary N) is 1. The Labute approximate surface area is 492 Å². The van der Waals surface area contributed by atoms with E-state index < -0.39 is 20.0 Å². The number of aliphatic hydroxyl groups excluding tert-OH is 1. The largest absolute Gasteiger partial charge is 0.472 e. The third-order valence-electron chi connectivity index (χ3n) is 15.8. The zero-order valence-electron chi connectivity index (χ0n) is 53.4. The second kappa shape index (κ2) is 61.0. The monoisotopic (exact) mass is 1130 g/mol. The first-order valence-electron chi connectivity index (χ1n) is 34.5. The average molecular weight is 1130 g/mol. The summed E-state index contributed by atoms with van der Waals surface area (Å²) in [6.07, 6.45) is 82.6. The normalized spacial score (nSPS) is 14.0. The van der Waals surface area contributed by atoms with Crippen LogP contribution in [0.5, 0.6) is 0 Å². The van der Waals surface area contributed by atoms with Crippen LogP contribution in [0, 0.1) is 0 Å². The van der Waals surface area contributed by atoms with Crippen LogP contribution in [0.3, 0.4) is 0 Å². The molecule has 1 amide bonds. The van der Waals surface area contributed by atoms with Gasteiger partial charge in [0.05, 0.1) is 39.9 Å². The standard InChI is InChI=1S/C70H135N2O6P/c1-6-8-10-12-14-16-18-20-22-24-26-28-30-32-34-35-36-37-38-40-42-44-46-48-50-52-54-56-58-60-62-64-70(74)71-68(67-78-79(75,76)77-66-65-72(3,4)5)69(73)63-61-59-57-55-53-51-49-47-45-43-41-39-33-31-29-27-25-23-21-19-17-15-13-11-9-7-2/h18,20,24,26,53,55,61,63,68-69,73H,6-17,19,21-23,25,27-52,54,56-60,62,64-67H2,1-5H3,(H-,71,74,75,76)/p+1/b20-18-,26-24-,55-53+,63-61+. The Morgan fingerprint density at radius 1 is 0.430 bits per heavy atom. The zero-order chi connectivity index (χ0) is 57.7. The topological polar surface area (TPSA) is 105 Å². The lowest BCUT2D eigenvalue weighted by Crippen LogP contribution is -2.45. The van der Waals surface area contributed by atoms with Crippen molar-refractivity contribution in [2.45, 2.75) is 353 Å². The van der Waals surface area contributed by atoms with Crippen LogP contribution in [-0.2, 0) is 18.4 Å². The Hall–Kier alpha value is -1.54. The summed E-state index contributed by atoms with van der Waals surface area (Å²) in [7, 11) is 1.57. The van der Waals surface area contributed by atoms with Crippen LogP contribution in [0.1, 0.15) is 341 Å². The van der Waals surface area contributed by atoms with Gasteiger partial charge in [0.1, 0.15) is 13.2 Å². The highest BCUT2D eigenvalue weighted by molar-refractivity contribution is 7.47. The molecule has 0 aliphatic heterocycles. The number of aliphatic hydroxyl groups is 1. The third-order valence-corrected chi connectivity index (χ3v) is 16.8. The number of allylic oxidation sites excluding steroid dienone is 7. The van der Waals surface area contributed by atoms with E-state index in [1.807, 2.05) is 27.2 Å². The van der Waals surface area contributed by atoms with Crippen LogP contribution in [0.15, 0.2) is 48.6 Å². The maximum absolute atomic E-state index is 13.0. The van der Waals surface area contributed by atoms with Crippen molar-refractivity contribution in [2.75, 3.05) is 40.9 Å². The van der Waals surface area contributed by atoms with Crippen molar-refractivity contribution in [1.82, 2.24) is 5.32 Å². The number of amides is 1. The van der Waals surface area contributed by atoms with Gasteiger partial charge in [0.2, 0.25) is 5.91 Å². The molecule has 3 atom stereocenters. The summed E-state index contributed by atoms with van der Waals surface area (Å²) in [6.45, 7) is 4.83. The van der Waals surface area contributed by atoms with E-state index in [9.17, 15) is 19.4 Å². The summed E-state index contributed by atoms with van der Waals surface area (Å²) < 4.78 is 23.8. The number of carbonyl (C=O) groups excluding carboxylic acids is 1. The number of hydrogen-bond acceptors (Lipinski definition) is 5. The number of hydrogen-bond donors (Lipinski definition) is 3. The molecule has 0 fully saturated rings. The van der Waals surface area contributed by atoms with Gasteiger partial charge >= 0.3 is 7.82 Å². The van der Waals surface area contributed by atoms with Crippen LogP contribution in [0.25, 0.3) is 0 Å². The molecule has 3 N–H and O–H groups in total. The van der Waals surface area contributed by atoms with Crippen LogP contribution in [-0.4, -0.2) is 73.4 Å². The fraction of sp³-hybridized carbons (Fsp3) is 0.871. The first kappa shape index (κ1) is 77.5. The second-order valence-electron chi connectivity index (χ2n) is 24.9. The molecular weight excluding hydrogens is 996 g/mol. The molecule has 466 valence electrons. The van der Waals surface area contributed by atoms with Gasteiger partial charge in [-0.1, -0.05) is 319 Å². The van der Waals surface area contributed by atoms with Gasteiger partial charge in [-0.05, 0) is 64.2 Å². The number of likely N-dealkylation sites (N-methyl/N-ethyl adjacent to an activating group) is 1. The number of phosphoric acid groups is 1. The van der Waals surface area contributed by atoms with Gasteiger partial charge in [-0.15, -0.1) is 0 Å². The van der Waals surface area contributed by atoms with E-state index in [0.717, 1.165) is 44.9 Å². The lowest BCUT2D eigenvalue weighted by molar-refractivity contribution is -0.870. The number of carbonyl (C=O) groups is 1. The zero-order valence-corrected chi connectivity index (χ0v) is 54.3. The minimum absolute atomic E-state index is 0.0571. The van der Waals surface area contributed by atoms with Crippen LogP contribution in [0.4, 0.5) is 0 Å². The van der Waals surface area contributed by atoms with Gasteiger partial charge in [0.25, 0.3) is 0 Å². The van der Waals surface area contributed by atoms with Gasteiger partial charge in [0.15, 0.2) is 0 Å². The maximum Gasteiger partial charge on any atom is 0.472 e. The molecule has 0 rings (SSSR count). The van der Waals surface area contributed by atoms with Crippen molar-refractivity contribution in [3.05, 3.63) is 48.6 Å². The molecule has 9 heteroatoms. The molecular formula is C70H136N2O6P+. The van der Waals surface area contributed by atoms with Gasteiger partial charge < -0.3 is 19.8 Å². The van der Waals surface area contributed by atoms with Crippen molar-refractivity contribution >= 4 is 13.7 Å². The molecule has 79 heavy (non-hydrogen) atoms. The summed E-state index contributed by atoms with van der Waals surface area (Å²) in [6, 6.07) is -0.864. The smallest absolute Gasteiger partial charge is 0.387 e. The van der Waals surface area contributed by atoms with E-state index in [2.05, 4.69) is 55.6 Å². The van der Waals surface area contributed by atoms with Gasteiger partial charge in [-0.2, -0.15) is 0 Å². The highest BCUT2D eigenvalue weighted by Crippen LogP contribution is 2.43. The first-order chi connectivity index (χ1) is 38.5. The number of rotatable bonds is 64. The molecule has 0 aliphatic carbocycles. The molecule has 8 nitrogen and oxygen atoms in total. The highest BCUT2D eigenvalue weighted by Gasteiger charge is 2.28. The molecule has 3 unspecified atom stereocenters. The predicted molar refractivity (Wildman–Crippen MR) is 346 cm³/mol. The minimum atomic E-state index is -4.36. The molecule has 0 spiro atoms. The Morgan fingerprint density at radius 2 is 0.734 bits per heavy atom. The SMILES string of the molecule is CCCCCCC/C=C\C/C=C\CCCCCCCCCCCCCCCCCCCCCC(=O)NC(COP(=O)(O)OCC[N+](C)(C)C)C(O)/C=C/CC/C=C/CCCCCCCCCCCCCCCCCCCCCC. The lowest BCUT2D eigenvalue weighted by atomic mass is 10.0. The number of nitrogens with zero attached hydrogens (tertiary/aromatic N) is 1. The molecule has 0 aromatic rings. The Bertz CT molecular complexity index is 1430. The van der Waals surface area contributed by atoms with E-state index in [1.165, 1.54) is 276 Å². The molecule has 0 aromatic carbocycles. The van der Waals surface area contributed by atoms with Crippen molar-refractivity contribution in [1.29, 1.82) is 0 Å². The van der Waals surface area contributed by atoms with Gasteiger partial charge in [0, 0.05) is 6.42 Å². The molecule has 0 radical (unpaired) electrons. The lowest BCUT2D eigenvalue weighted by Gasteiger charge is -2.25. The Balaban J connectivity index is 4.09. The van der Waals surface area contributed by atoms with Crippen molar-refractivity contribution < 1.29 is 32.9 Å². The molecule has 0 bridgehead atoms. The van der Waals surface area contributed by atoms with Gasteiger partial charge in [-0.25, -0.2) is 4.57 Å². The molecule has 0 aromatic heterocycles. The fourth-order valence-electron chi connectivity index (χ4n) is 10.4. The van der Waals surface area contributed by atoms with E-state index in [-0.39, 0.29) is 19.1 Å². The van der Waals surface area contributed by atoms with E-state index >= 15 is 0 Å². The van der Waals surface area contributed by atoms with Crippen molar-refractivity contribution in [3.63, 3.8) is 0 Å². The second-order valence-corrected chi connectivity index (χ2v) is 26.4. The number of unbranched alkanes of at least 4 members (excludes halogenated alkanes) is 45. The molecule has 0 saturated carbocycles. The molecule has 0 saturated heterocycles. The first-order valence-corrected chi connectivity index (χ1v) is 36.0.